The summed E-state index contributed by atoms with van der Waals surface area (Å²) in [5, 5.41) is 0. The predicted molar refractivity (Wildman–Crippen MR) is 79.6 cm³/mol. The smallest absolute Gasteiger partial charge is 0.253 e. The molecule has 1 saturated carbocycles. The van der Waals surface area contributed by atoms with E-state index in [-0.39, 0.29) is 18.0 Å². The van der Waals surface area contributed by atoms with Gasteiger partial charge < -0.3 is 4.42 Å². The van der Waals surface area contributed by atoms with Gasteiger partial charge in [0, 0.05) is 12.1 Å². The van der Waals surface area contributed by atoms with E-state index in [0.717, 1.165) is 24.4 Å². The second kappa shape index (κ2) is 4.83. The minimum Gasteiger partial charge on any atom is -0.469 e. The highest BCUT2D eigenvalue weighted by Crippen LogP contribution is 2.31. The number of rotatable bonds is 2. The molecule has 3 atom stereocenters. The monoisotopic (exact) mass is 285 g/mol. The minimum atomic E-state index is -0.335. The third-order valence-corrected chi connectivity index (χ3v) is 4.76. The highest BCUT2D eigenvalue weighted by molar-refractivity contribution is 6.13. The maximum absolute atomic E-state index is 12.7. The summed E-state index contributed by atoms with van der Waals surface area (Å²) in [4.78, 5) is 24.0. The molecule has 1 aromatic heterocycles. The summed E-state index contributed by atoms with van der Waals surface area (Å²) in [6, 6.07) is 3.56. The lowest BCUT2D eigenvalue weighted by Gasteiger charge is -2.39. The fraction of sp³-hybridized carbons (Fsp3) is 0.562. The Bertz CT molecular complexity index is 617. The van der Waals surface area contributed by atoms with Crippen molar-refractivity contribution in [3.8, 4) is 0 Å². The van der Waals surface area contributed by atoms with Crippen LogP contribution in [0.5, 0.6) is 0 Å². The van der Waals surface area contributed by atoms with Gasteiger partial charge in [-0.1, -0.05) is 13.3 Å². The molecule has 1 aromatic rings. The minimum absolute atomic E-state index is 0.118. The highest BCUT2D eigenvalue weighted by Gasteiger charge is 2.44. The molecule has 0 spiro atoms. The maximum Gasteiger partial charge on any atom is 0.253 e. The molecule has 0 N–H and O–H groups in total. The topological polar surface area (TPSA) is 58.2 Å². The van der Waals surface area contributed by atoms with Gasteiger partial charge in [0.25, 0.3) is 5.91 Å². The number of carbonyl (C=O) groups is 1. The second-order valence-corrected chi connectivity index (χ2v) is 6.14. The number of amidine groups is 1. The third-order valence-electron chi connectivity index (χ3n) is 4.76. The summed E-state index contributed by atoms with van der Waals surface area (Å²) in [5.74, 6) is 2.27. The van der Waals surface area contributed by atoms with E-state index >= 15 is 0 Å². The van der Waals surface area contributed by atoms with Crippen LogP contribution in [0.2, 0.25) is 0 Å². The number of furan rings is 1. The Morgan fingerprint density at radius 3 is 3.14 bits per heavy atom. The molecule has 1 aliphatic carbocycles. The molecule has 2 aliphatic heterocycles. The molecule has 4 rings (SSSR count). The Hall–Kier alpha value is -1.91. The van der Waals surface area contributed by atoms with Gasteiger partial charge in [-0.05, 0) is 30.9 Å². The fourth-order valence-electron chi connectivity index (χ4n) is 3.71. The molecule has 21 heavy (non-hydrogen) atoms. The van der Waals surface area contributed by atoms with Crippen molar-refractivity contribution < 1.29 is 9.21 Å². The highest BCUT2D eigenvalue weighted by atomic mass is 16.3. The fourth-order valence-corrected chi connectivity index (χ4v) is 3.71. The van der Waals surface area contributed by atoms with E-state index in [4.69, 9.17) is 9.41 Å². The summed E-state index contributed by atoms with van der Waals surface area (Å²) in [6.07, 6.45) is 5.54. The van der Waals surface area contributed by atoms with Crippen molar-refractivity contribution >= 4 is 17.5 Å². The molecule has 1 amide bonds. The quantitative estimate of drug-likeness (QED) is 0.835. The van der Waals surface area contributed by atoms with E-state index in [1.54, 1.807) is 6.26 Å². The molecule has 0 bridgehead atoms. The number of carbonyl (C=O) groups excluding carboxylic acids is 1. The van der Waals surface area contributed by atoms with E-state index in [0.29, 0.717) is 18.9 Å². The van der Waals surface area contributed by atoms with Gasteiger partial charge >= 0.3 is 0 Å². The van der Waals surface area contributed by atoms with Crippen LogP contribution in [0.3, 0.4) is 0 Å². The lowest BCUT2D eigenvalue weighted by atomic mass is 9.83. The van der Waals surface area contributed by atoms with E-state index in [1.165, 1.54) is 12.1 Å². The van der Waals surface area contributed by atoms with Crippen molar-refractivity contribution in [2.45, 2.75) is 44.7 Å². The second-order valence-electron chi connectivity index (χ2n) is 6.14. The average molecular weight is 285 g/mol. The lowest BCUT2D eigenvalue weighted by Crippen LogP contribution is -2.54. The van der Waals surface area contributed by atoms with Crippen molar-refractivity contribution in [2.24, 2.45) is 15.9 Å². The van der Waals surface area contributed by atoms with Crippen LogP contribution in [0.4, 0.5) is 0 Å². The first-order valence-electron chi connectivity index (χ1n) is 7.70. The lowest BCUT2D eigenvalue weighted by molar-refractivity contribution is -0.128. The van der Waals surface area contributed by atoms with Crippen LogP contribution in [0.15, 0.2) is 32.8 Å². The summed E-state index contributed by atoms with van der Waals surface area (Å²) < 4.78 is 5.35. The average Bonchev–Trinajstić information content (AvgIpc) is 3.09. The Labute approximate surface area is 123 Å². The Morgan fingerprint density at radius 2 is 2.33 bits per heavy atom. The zero-order valence-corrected chi connectivity index (χ0v) is 12.2. The van der Waals surface area contributed by atoms with Crippen LogP contribution in [-0.2, 0) is 11.2 Å². The number of hydrogen-bond acceptors (Lipinski definition) is 4. The van der Waals surface area contributed by atoms with Gasteiger partial charge in [0.1, 0.15) is 17.6 Å². The first kappa shape index (κ1) is 12.8. The molecule has 3 heterocycles. The number of nitrogens with zero attached hydrogens (tertiary/aromatic N) is 3. The van der Waals surface area contributed by atoms with Crippen molar-refractivity contribution in [1.29, 1.82) is 0 Å². The molecule has 3 aliphatic rings. The Kier molecular flexibility index (Phi) is 2.94. The Balaban J connectivity index is 1.59. The first-order chi connectivity index (χ1) is 10.2. The van der Waals surface area contributed by atoms with Crippen LogP contribution in [0, 0.1) is 5.92 Å². The van der Waals surface area contributed by atoms with Gasteiger partial charge in [-0.25, -0.2) is 0 Å². The van der Waals surface area contributed by atoms with Gasteiger partial charge in [0.2, 0.25) is 0 Å². The molecule has 1 fully saturated rings. The van der Waals surface area contributed by atoms with Crippen molar-refractivity contribution in [1.82, 2.24) is 4.90 Å². The first-order valence-corrected chi connectivity index (χ1v) is 7.70. The van der Waals surface area contributed by atoms with E-state index < -0.39 is 0 Å². The summed E-state index contributed by atoms with van der Waals surface area (Å²) in [7, 11) is 0. The number of hydrogen-bond donors (Lipinski definition) is 0. The van der Waals surface area contributed by atoms with E-state index in [9.17, 15) is 4.79 Å². The molecular weight excluding hydrogens is 266 g/mol. The summed E-state index contributed by atoms with van der Waals surface area (Å²) in [6.45, 7) is 2.77. The molecule has 5 heteroatoms. The number of fused-ring (bicyclic) bond motifs is 3. The zero-order chi connectivity index (χ0) is 14.4. The Morgan fingerprint density at radius 1 is 1.43 bits per heavy atom. The van der Waals surface area contributed by atoms with E-state index in [2.05, 4.69) is 11.9 Å². The van der Waals surface area contributed by atoms with Crippen molar-refractivity contribution in [2.75, 3.05) is 6.54 Å². The normalized spacial score (nSPS) is 31.6. The van der Waals surface area contributed by atoms with Crippen LogP contribution in [0.1, 0.15) is 31.9 Å². The van der Waals surface area contributed by atoms with Crippen molar-refractivity contribution in [3.63, 3.8) is 0 Å². The number of amides is 1. The van der Waals surface area contributed by atoms with Crippen molar-refractivity contribution in [3.05, 3.63) is 24.2 Å². The van der Waals surface area contributed by atoms with Gasteiger partial charge in [-0.15, -0.1) is 0 Å². The molecule has 0 saturated heterocycles. The maximum atomic E-state index is 12.7. The SMILES string of the molecule is CC1CCCC2C1=NCC1=NC(Cc3ccco3)C(=O)N12. The molecule has 110 valence electrons. The van der Waals surface area contributed by atoms with Gasteiger partial charge in [-0.3, -0.25) is 19.7 Å². The largest absolute Gasteiger partial charge is 0.469 e. The molecule has 0 radical (unpaired) electrons. The third kappa shape index (κ3) is 2.03. The summed E-state index contributed by atoms with van der Waals surface area (Å²) in [5.41, 5.74) is 1.20. The molecule has 0 aromatic carbocycles. The molecular formula is C16H19N3O2. The summed E-state index contributed by atoms with van der Waals surface area (Å²) >= 11 is 0. The van der Waals surface area contributed by atoms with Gasteiger partial charge in [-0.2, -0.15) is 0 Å². The van der Waals surface area contributed by atoms with Crippen LogP contribution in [0.25, 0.3) is 0 Å². The standard InChI is InChI=1S/C16H19N3O2/c1-10-4-2-6-13-15(10)17-9-14-18-12(16(20)19(13)14)8-11-5-3-7-21-11/h3,5,7,10,12-13H,2,4,6,8-9H2,1H3. The van der Waals surface area contributed by atoms with Crippen LogP contribution in [-0.4, -0.2) is 41.0 Å². The van der Waals surface area contributed by atoms with Gasteiger partial charge in [0.15, 0.2) is 0 Å². The molecule has 3 unspecified atom stereocenters. The predicted octanol–water partition coefficient (Wildman–Crippen LogP) is 2.07. The zero-order valence-electron chi connectivity index (χ0n) is 12.2. The van der Waals surface area contributed by atoms with Gasteiger partial charge in [0.05, 0.1) is 18.8 Å². The van der Waals surface area contributed by atoms with Crippen LogP contribution >= 0.6 is 0 Å². The van der Waals surface area contributed by atoms with E-state index in [1.807, 2.05) is 17.0 Å². The number of aliphatic imine (C=N–C) groups is 2. The van der Waals surface area contributed by atoms with Crippen LogP contribution < -0.4 is 0 Å². The molecule has 5 nitrogen and oxygen atoms in total.